The van der Waals surface area contributed by atoms with Crippen LogP contribution in [-0.2, 0) is 7.05 Å². The average Bonchev–Trinajstić information content (AvgIpc) is 2.57. The predicted molar refractivity (Wildman–Crippen MR) is 75.4 cm³/mol. The lowest BCUT2D eigenvalue weighted by Gasteiger charge is -2.05. The molecule has 1 N–H and O–H groups in total. The quantitative estimate of drug-likeness (QED) is 0.867. The molecule has 2 aromatic rings. The number of carbonyl (C=O) groups is 1. The SMILES string of the molecule is Cc1cc(C(=O)c2c(C)[nH]n(C)c2=O)c(Cl)cc1Cl. The monoisotopic (exact) mass is 298 g/mol. The molecule has 0 fully saturated rings. The molecule has 0 radical (unpaired) electrons. The second-order valence-electron chi connectivity index (χ2n) is 4.39. The van der Waals surface area contributed by atoms with E-state index in [1.54, 1.807) is 27.0 Å². The topological polar surface area (TPSA) is 54.9 Å². The number of hydrogen-bond acceptors (Lipinski definition) is 2. The maximum absolute atomic E-state index is 12.4. The highest BCUT2D eigenvalue weighted by Gasteiger charge is 2.21. The number of aryl methyl sites for hydroxylation is 3. The Kier molecular flexibility index (Phi) is 3.56. The maximum atomic E-state index is 12.4. The Labute approximate surface area is 119 Å². The van der Waals surface area contributed by atoms with Crippen molar-refractivity contribution in [2.75, 3.05) is 0 Å². The fourth-order valence-corrected chi connectivity index (χ4v) is 2.39. The van der Waals surface area contributed by atoms with E-state index in [1.807, 2.05) is 0 Å². The summed E-state index contributed by atoms with van der Waals surface area (Å²) < 4.78 is 1.26. The van der Waals surface area contributed by atoms with Crippen molar-refractivity contribution in [3.8, 4) is 0 Å². The summed E-state index contributed by atoms with van der Waals surface area (Å²) in [6.07, 6.45) is 0. The van der Waals surface area contributed by atoms with Crippen LogP contribution in [0.5, 0.6) is 0 Å². The van der Waals surface area contributed by atoms with Crippen LogP contribution in [0.25, 0.3) is 0 Å². The van der Waals surface area contributed by atoms with Crippen LogP contribution in [0.2, 0.25) is 10.0 Å². The molecule has 1 heterocycles. The van der Waals surface area contributed by atoms with Gasteiger partial charge in [-0.15, -0.1) is 0 Å². The molecule has 2 rings (SSSR count). The third-order valence-corrected chi connectivity index (χ3v) is 3.67. The first-order valence-electron chi connectivity index (χ1n) is 5.59. The van der Waals surface area contributed by atoms with E-state index in [0.717, 1.165) is 5.56 Å². The molecule has 100 valence electrons. The van der Waals surface area contributed by atoms with E-state index in [-0.39, 0.29) is 21.7 Å². The number of aromatic nitrogens is 2. The second kappa shape index (κ2) is 4.87. The summed E-state index contributed by atoms with van der Waals surface area (Å²) in [5, 5.41) is 3.51. The lowest BCUT2D eigenvalue weighted by molar-refractivity contribution is 0.103. The summed E-state index contributed by atoms with van der Waals surface area (Å²) in [6, 6.07) is 3.11. The molecule has 0 aliphatic carbocycles. The molecule has 0 amide bonds. The first kappa shape index (κ1) is 13.9. The van der Waals surface area contributed by atoms with Gasteiger partial charge in [0.05, 0.1) is 5.02 Å². The molecule has 1 aromatic heterocycles. The van der Waals surface area contributed by atoms with E-state index in [0.29, 0.717) is 10.7 Å². The smallest absolute Gasteiger partial charge is 0.277 e. The third kappa shape index (κ3) is 2.33. The molecule has 0 spiro atoms. The van der Waals surface area contributed by atoms with E-state index >= 15 is 0 Å². The number of benzene rings is 1. The van der Waals surface area contributed by atoms with Gasteiger partial charge < -0.3 is 0 Å². The van der Waals surface area contributed by atoms with E-state index < -0.39 is 5.78 Å². The van der Waals surface area contributed by atoms with Crippen LogP contribution in [0.1, 0.15) is 27.2 Å². The third-order valence-electron chi connectivity index (χ3n) is 2.95. The maximum Gasteiger partial charge on any atom is 0.277 e. The fourth-order valence-electron chi connectivity index (χ4n) is 1.92. The number of carbonyl (C=O) groups excluding carboxylic acids is 1. The van der Waals surface area contributed by atoms with Gasteiger partial charge >= 0.3 is 0 Å². The van der Waals surface area contributed by atoms with Gasteiger partial charge in [-0.2, -0.15) is 0 Å². The molecule has 0 atom stereocenters. The van der Waals surface area contributed by atoms with Crippen LogP contribution in [0, 0.1) is 13.8 Å². The first-order valence-corrected chi connectivity index (χ1v) is 6.34. The van der Waals surface area contributed by atoms with Crippen LogP contribution in [0.3, 0.4) is 0 Å². The highest BCUT2D eigenvalue weighted by atomic mass is 35.5. The van der Waals surface area contributed by atoms with Gasteiger partial charge in [-0.3, -0.25) is 19.4 Å². The molecule has 0 saturated carbocycles. The summed E-state index contributed by atoms with van der Waals surface area (Å²) in [5.74, 6) is -0.399. The number of hydrogen-bond donors (Lipinski definition) is 1. The number of H-pyrrole nitrogens is 1. The molecule has 0 aliphatic rings. The van der Waals surface area contributed by atoms with Crippen molar-refractivity contribution in [2.45, 2.75) is 13.8 Å². The minimum atomic E-state index is -0.399. The molecule has 0 saturated heterocycles. The first-order chi connectivity index (χ1) is 8.82. The Morgan fingerprint density at radius 3 is 2.37 bits per heavy atom. The largest absolute Gasteiger partial charge is 0.299 e. The molecular weight excluding hydrogens is 287 g/mol. The number of aromatic amines is 1. The van der Waals surface area contributed by atoms with Crippen LogP contribution >= 0.6 is 23.2 Å². The normalized spacial score (nSPS) is 10.8. The molecular formula is C13H12Cl2N2O2. The summed E-state index contributed by atoms with van der Waals surface area (Å²) in [4.78, 5) is 24.3. The van der Waals surface area contributed by atoms with E-state index in [1.165, 1.54) is 10.7 Å². The molecule has 19 heavy (non-hydrogen) atoms. The summed E-state index contributed by atoms with van der Waals surface area (Å²) in [7, 11) is 1.56. The zero-order chi connectivity index (χ0) is 14.3. The number of nitrogens with one attached hydrogen (secondary N) is 1. The Balaban J connectivity index is 2.63. The lowest BCUT2D eigenvalue weighted by atomic mass is 10.0. The van der Waals surface area contributed by atoms with Crippen molar-refractivity contribution >= 4 is 29.0 Å². The molecule has 0 bridgehead atoms. The molecule has 0 unspecified atom stereocenters. The van der Waals surface area contributed by atoms with Gasteiger partial charge in [-0.1, -0.05) is 23.2 Å². The fraction of sp³-hybridized carbons (Fsp3) is 0.231. The van der Waals surface area contributed by atoms with Gasteiger partial charge in [0.15, 0.2) is 0 Å². The summed E-state index contributed by atoms with van der Waals surface area (Å²) >= 11 is 12.0. The van der Waals surface area contributed by atoms with Gasteiger partial charge in [-0.05, 0) is 31.5 Å². The number of rotatable bonds is 2. The van der Waals surface area contributed by atoms with Crippen molar-refractivity contribution in [1.82, 2.24) is 9.78 Å². The van der Waals surface area contributed by atoms with E-state index in [4.69, 9.17) is 23.2 Å². The zero-order valence-electron chi connectivity index (χ0n) is 10.7. The van der Waals surface area contributed by atoms with Crippen LogP contribution in [0.4, 0.5) is 0 Å². The summed E-state index contributed by atoms with van der Waals surface area (Å²) in [6.45, 7) is 3.45. The van der Waals surface area contributed by atoms with Crippen molar-refractivity contribution in [1.29, 1.82) is 0 Å². The number of nitrogens with zero attached hydrogens (tertiary/aromatic N) is 1. The Morgan fingerprint density at radius 1 is 1.21 bits per heavy atom. The van der Waals surface area contributed by atoms with Crippen molar-refractivity contribution in [3.05, 3.63) is 54.9 Å². The van der Waals surface area contributed by atoms with Gasteiger partial charge in [0.2, 0.25) is 5.78 Å². The Morgan fingerprint density at radius 2 is 1.84 bits per heavy atom. The Hall–Kier alpha value is -1.52. The van der Waals surface area contributed by atoms with Crippen molar-refractivity contribution in [2.24, 2.45) is 7.05 Å². The number of halogens is 2. The second-order valence-corrected chi connectivity index (χ2v) is 5.20. The average molecular weight is 299 g/mol. The molecule has 4 nitrogen and oxygen atoms in total. The van der Waals surface area contributed by atoms with Gasteiger partial charge in [0.1, 0.15) is 5.56 Å². The highest BCUT2D eigenvalue weighted by Crippen LogP contribution is 2.26. The predicted octanol–water partition coefficient (Wildman–Crippen LogP) is 2.87. The summed E-state index contributed by atoms with van der Waals surface area (Å²) in [5.41, 5.74) is 1.27. The minimum Gasteiger partial charge on any atom is -0.299 e. The minimum absolute atomic E-state index is 0.103. The zero-order valence-corrected chi connectivity index (χ0v) is 12.2. The van der Waals surface area contributed by atoms with Crippen molar-refractivity contribution < 1.29 is 4.79 Å². The van der Waals surface area contributed by atoms with E-state index in [9.17, 15) is 9.59 Å². The standard InChI is InChI=1S/C13H12Cl2N2O2/c1-6-4-8(10(15)5-9(6)14)12(18)11-7(2)16-17(3)13(11)19/h4-5,16H,1-3H3. The molecule has 0 aliphatic heterocycles. The van der Waals surface area contributed by atoms with Crippen LogP contribution in [-0.4, -0.2) is 15.6 Å². The van der Waals surface area contributed by atoms with Crippen molar-refractivity contribution in [3.63, 3.8) is 0 Å². The Bertz CT molecular complexity index is 729. The molecule has 1 aromatic carbocycles. The van der Waals surface area contributed by atoms with Gasteiger partial charge in [0.25, 0.3) is 5.56 Å². The number of ketones is 1. The van der Waals surface area contributed by atoms with Crippen LogP contribution in [0.15, 0.2) is 16.9 Å². The molecule has 6 heteroatoms. The highest BCUT2D eigenvalue weighted by molar-refractivity contribution is 6.38. The van der Waals surface area contributed by atoms with Crippen LogP contribution < -0.4 is 5.56 Å². The van der Waals surface area contributed by atoms with E-state index in [2.05, 4.69) is 5.10 Å². The van der Waals surface area contributed by atoms with Gasteiger partial charge in [0, 0.05) is 23.3 Å². The van der Waals surface area contributed by atoms with Gasteiger partial charge in [-0.25, -0.2) is 0 Å². The lowest BCUT2D eigenvalue weighted by Crippen LogP contribution is -2.19.